The summed E-state index contributed by atoms with van der Waals surface area (Å²) in [5.41, 5.74) is 9.69. The molecule has 1 aromatic carbocycles. The average molecular weight is 388 g/mol. The summed E-state index contributed by atoms with van der Waals surface area (Å²) >= 11 is 0. The molecule has 0 aromatic heterocycles. The van der Waals surface area contributed by atoms with Gasteiger partial charge in [-0.05, 0) is 29.3 Å². The Morgan fingerprint density at radius 2 is 1.70 bits per heavy atom. The number of primary amides is 1. The first-order chi connectivity index (χ1) is 12.3. The molecule has 0 spiro atoms. The van der Waals surface area contributed by atoms with Crippen molar-refractivity contribution in [2.45, 2.75) is 58.3 Å². The quantitative estimate of drug-likeness (QED) is 0.535. The smallest absolute Gasteiger partial charge is 0.251 e. The lowest BCUT2D eigenvalue weighted by atomic mass is 10.1. The lowest BCUT2D eigenvalue weighted by molar-refractivity contribution is -0.119. The highest BCUT2D eigenvalue weighted by atomic mass is 28.3. The summed E-state index contributed by atoms with van der Waals surface area (Å²) in [7, 11) is -1.79. The van der Waals surface area contributed by atoms with E-state index in [0.717, 1.165) is 0 Å². The number of hydrogen-bond donors (Lipinski definition) is 3. The molecule has 0 aliphatic carbocycles. The van der Waals surface area contributed by atoms with E-state index in [4.69, 9.17) is 5.73 Å². The van der Waals surface area contributed by atoms with E-state index in [9.17, 15) is 14.4 Å². The molecule has 0 fully saturated rings. The van der Waals surface area contributed by atoms with Gasteiger partial charge in [0.15, 0.2) is 0 Å². The van der Waals surface area contributed by atoms with E-state index in [2.05, 4.69) is 56.0 Å². The summed E-state index contributed by atoms with van der Waals surface area (Å²) < 4.78 is 0. The van der Waals surface area contributed by atoms with Gasteiger partial charge in [-0.3, -0.25) is 14.4 Å². The fourth-order valence-electron chi connectivity index (χ4n) is 1.93. The van der Waals surface area contributed by atoms with E-state index in [1.807, 2.05) is 0 Å². The fourth-order valence-corrected chi connectivity index (χ4v) is 2.85. The van der Waals surface area contributed by atoms with Gasteiger partial charge in [0.1, 0.15) is 14.1 Å². The van der Waals surface area contributed by atoms with Gasteiger partial charge in [-0.1, -0.05) is 33.9 Å². The van der Waals surface area contributed by atoms with Crippen LogP contribution in [-0.4, -0.2) is 31.8 Å². The molecule has 6 nitrogen and oxygen atoms in total. The van der Waals surface area contributed by atoms with Crippen molar-refractivity contribution >= 4 is 31.5 Å². The topological polar surface area (TPSA) is 101 Å². The van der Waals surface area contributed by atoms with Gasteiger partial charge in [0.2, 0.25) is 11.8 Å². The van der Waals surface area contributed by atoms with Crippen LogP contribution in [0.25, 0.3) is 0 Å². The molecule has 146 valence electrons. The first-order valence-corrected chi connectivity index (χ1v) is 11.8. The standard InChI is InChI=1S/C20H29N3O3Si/c1-14(24)22-16-11-9-15(10-12-16)19(26)23-17(18(21)25)8-7-13-27(5,6)20(2,3)4/h9-12,17H,8H2,1-6H3,(H2,21,25)(H,22,24)(H,23,26)/t17-/m1/s1. The highest BCUT2D eigenvalue weighted by molar-refractivity contribution is 6.87. The van der Waals surface area contributed by atoms with Crippen molar-refractivity contribution in [1.82, 2.24) is 5.32 Å². The Balaban J connectivity index is 2.82. The summed E-state index contributed by atoms with van der Waals surface area (Å²) in [6, 6.07) is 5.52. The molecular weight excluding hydrogens is 358 g/mol. The van der Waals surface area contributed by atoms with Crippen LogP contribution >= 0.6 is 0 Å². The summed E-state index contributed by atoms with van der Waals surface area (Å²) in [5.74, 6) is 1.82. The third-order valence-corrected chi connectivity index (χ3v) is 9.25. The minimum Gasteiger partial charge on any atom is -0.368 e. The van der Waals surface area contributed by atoms with E-state index >= 15 is 0 Å². The number of rotatable bonds is 5. The lowest BCUT2D eigenvalue weighted by Crippen LogP contribution is -2.44. The Bertz CT molecular complexity index is 768. The molecule has 0 aliphatic heterocycles. The third kappa shape index (κ3) is 6.91. The van der Waals surface area contributed by atoms with E-state index in [-0.39, 0.29) is 17.4 Å². The predicted molar refractivity (Wildman–Crippen MR) is 111 cm³/mol. The van der Waals surface area contributed by atoms with Crippen LogP contribution in [0, 0.1) is 11.5 Å². The molecule has 0 aliphatic rings. The van der Waals surface area contributed by atoms with Gasteiger partial charge in [-0.15, -0.1) is 11.5 Å². The van der Waals surface area contributed by atoms with Crippen LogP contribution in [0.4, 0.5) is 5.69 Å². The van der Waals surface area contributed by atoms with Crippen LogP contribution in [-0.2, 0) is 9.59 Å². The molecule has 1 aromatic rings. The Morgan fingerprint density at radius 3 is 2.15 bits per heavy atom. The minimum absolute atomic E-state index is 0.112. The van der Waals surface area contributed by atoms with Gasteiger partial charge in [-0.25, -0.2) is 0 Å². The fraction of sp³-hybridized carbons (Fsp3) is 0.450. The summed E-state index contributed by atoms with van der Waals surface area (Å²) in [6.07, 6.45) is 0.178. The molecule has 0 radical (unpaired) electrons. The van der Waals surface area contributed by atoms with E-state index < -0.39 is 25.9 Å². The normalized spacial score (nSPS) is 12.4. The van der Waals surface area contributed by atoms with E-state index in [1.165, 1.54) is 6.92 Å². The number of carbonyl (C=O) groups excluding carboxylic acids is 3. The molecule has 7 heteroatoms. The molecule has 3 amide bonds. The highest BCUT2D eigenvalue weighted by Crippen LogP contribution is 2.35. The van der Waals surface area contributed by atoms with Crippen LogP contribution < -0.4 is 16.4 Å². The van der Waals surface area contributed by atoms with Crippen molar-refractivity contribution < 1.29 is 14.4 Å². The molecule has 0 saturated heterocycles. The van der Waals surface area contributed by atoms with Crippen molar-refractivity contribution in [2.24, 2.45) is 5.73 Å². The van der Waals surface area contributed by atoms with Crippen LogP contribution in [0.15, 0.2) is 24.3 Å². The zero-order valence-electron chi connectivity index (χ0n) is 16.9. The van der Waals surface area contributed by atoms with Crippen molar-refractivity contribution in [3.8, 4) is 11.5 Å². The van der Waals surface area contributed by atoms with Gasteiger partial charge in [0.05, 0.1) is 0 Å². The molecule has 0 bridgehead atoms. The molecular formula is C20H29N3O3Si. The Hall–Kier alpha value is -2.59. The first kappa shape index (κ1) is 22.4. The molecule has 4 N–H and O–H groups in total. The SMILES string of the molecule is CC(=O)Nc1ccc(C(=O)N[C@H](CC#C[Si](C)(C)C(C)(C)C)C(N)=O)cc1. The maximum absolute atomic E-state index is 12.4. The third-order valence-electron chi connectivity index (χ3n) is 4.70. The summed E-state index contributed by atoms with van der Waals surface area (Å²) in [4.78, 5) is 35.1. The number of hydrogen-bond acceptors (Lipinski definition) is 3. The largest absolute Gasteiger partial charge is 0.368 e. The molecule has 0 heterocycles. The van der Waals surface area contributed by atoms with Gasteiger partial charge in [0.25, 0.3) is 5.91 Å². The second-order valence-corrected chi connectivity index (χ2v) is 13.1. The van der Waals surface area contributed by atoms with Crippen LogP contribution in [0.2, 0.25) is 18.1 Å². The predicted octanol–water partition coefficient (Wildman–Crippen LogP) is 2.67. The number of anilines is 1. The van der Waals surface area contributed by atoms with E-state index in [0.29, 0.717) is 11.3 Å². The Labute approximate surface area is 162 Å². The van der Waals surface area contributed by atoms with Gasteiger partial charge >= 0.3 is 0 Å². The summed E-state index contributed by atoms with van der Waals surface area (Å²) in [5, 5.41) is 5.37. The Morgan fingerprint density at radius 1 is 1.15 bits per heavy atom. The number of nitrogens with one attached hydrogen (secondary N) is 2. The molecule has 27 heavy (non-hydrogen) atoms. The van der Waals surface area contributed by atoms with Crippen molar-refractivity contribution in [3.05, 3.63) is 29.8 Å². The molecule has 1 rings (SSSR count). The Kier molecular flexibility index (Phi) is 7.37. The van der Waals surface area contributed by atoms with Gasteiger partial charge in [-0.2, -0.15) is 0 Å². The van der Waals surface area contributed by atoms with Crippen LogP contribution in [0.3, 0.4) is 0 Å². The number of benzene rings is 1. The minimum atomic E-state index is -1.79. The maximum Gasteiger partial charge on any atom is 0.251 e. The van der Waals surface area contributed by atoms with Crippen LogP contribution in [0.1, 0.15) is 44.5 Å². The van der Waals surface area contributed by atoms with Crippen molar-refractivity contribution in [3.63, 3.8) is 0 Å². The molecule has 1 atom stereocenters. The average Bonchev–Trinajstić information content (AvgIpc) is 2.52. The zero-order chi connectivity index (χ0) is 20.8. The molecule has 0 unspecified atom stereocenters. The first-order valence-electron chi connectivity index (χ1n) is 8.81. The highest BCUT2D eigenvalue weighted by Gasteiger charge is 2.33. The number of nitrogens with two attached hydrogens (primary N) is 1. The van der Waals surface area contributed by atoms with Crippen molar-refractivity contribution in [2.75, 3.05) is 5.32 Å². The zero-order valence-corrected chi connectivity index (χ0v) is 17.9. The second-order valence-electron chi connectivity index (χ2n) is 8.07. The molecule has 0 saturated carbocycles. The summed E-state index contributed by atoms with van der Waals surface area (Å²) in [6.45, 7) is 12.2. The number of amides is 3. The van der Waals surface area contributed by atoms with Gasteiger partial charge < -0.3 is 16.4 Å². The van der Waals surface area contributed by atoms with Crippen LogP contribution in [0.5, 0.6) is 0 Å². The monoisotopic (exact) mass is 387 g/mol. The maximum atomic E-state index is 12.4. The lowest BCUT2D eigenvalue weighted by Gasteiger charge is -2.31. The van der Waals surface area contributed by atoms with E-state index in [1.54, 1.807) is 24.3 Å². The number of carbonyl (C=O) groups is 3. The van der Waals surface area contributed by atoms with Crippen molar-refractivity contribution in [1.29, 1.82) is 0 Å². The second kappa shape index (κ2) is 8.87. The van der Waals surface area contributed by atoms with Gasteiger partial charge in [0, 0.05) is 24.6 Å².